The molecule has 0 radical (unpaired) electrons. The van der Waals surface area contributed by atoms with Crippen molar-refractivity contribution < 1.29 is 4.79 Å². The summed E-state index contributed by atoms with van der Waals surface area (Å²) < 4.78 is 0. The maximum atomic E-state index is 11.9. The first-order valence-electron chi connectivity index (χ1n) is 6.62. The smallest absolute Gasteiger partial charge is 0.288 e. The second kappa shape index (κ2) is 4.26. The van der Waals surface area contributed by atoms with E-state index in [0.29, 0.717) is 5.92 Å². The lowest BCUT2D eigenvalue weighted by atomic mass is 9.84. The minimum atomic E-state index is -0.213. The van der Waals surface area contributed by atoms with Gasteiger partial charge in [0.2, 0.25) is 11.8 Å². The zero-order valence-corrected chi connectivity index (χ0v) is 10.5. The number of hydrogen-bond acceptors (Lipinski definition) is 4. The van der Waals surface area contributed by atoms with Gasteiger partial charge in [-0.3, -0.25) is 9.89 Å². The fourth-order valence-corrected chi connectivity index (χ4v) is 3.66. The highest BCUT2D eigenvalue weighted by Crippen LogP contribution is 2.49. The van der Waals surface area contributed by atoms with E-state index in [1.807, 2.05) is 0 Å². The topological polar surface area (TPSA) is 96.7 Å². The number of aromatic nitrogens is 3. The van der Waals surface area contributed by atoms with E-state index in [9.17, 15) is 4.79 Å². The highest BCUT2D eigenvalue weighted by Gasteiger charge is 2.42. The van der Waals surface area contributed by atoms with Gasteiger partial charge in [0.15, 0.2) is 0 Å². The summed E-state index contributed by atoms with van der Waals surface area (Å²) in [4.78, 5) is 15.8. The van der Waals surface area contributed by atoms with Crippen LogP contribution < -0.4 is 11.1 Å². The van der Waals surface area contributed by atoms with Crippen molar-refractivity contribution in [3.05, 3.63) is 5.82 Å². The van der Waals surface area contributed by atoms with Crippen LogP contribution in [-0.4, -0.2) is 27.1 Å². The molecule has 4 atom stereocenters. The molecule has 4 unspecified atom stereocenters. The van der Waals surface area contributed by atoms with Crippen LogP contribution >= 0.6 is 0 Å². The molecule has 4 N–H and O–H groups in total. The van der Waals surface area contributed by atoms with E-state index in [2.05, 4.69) is 27.4 Å². The second-order valence-electron chi connectivity index (χ2n) is 5.64. The first kappa shape index (κ1) is 11.5. The van der Waals surface area contributed by atoms with Crippen molar-refractivity contribution in [3.8, 4) is 0 Å². The van der Waals surface area contributed by atoms with Gasteiger partial charge in [-0.1, -0.05) is 6.42 Å². The molecule has 1 aromatic heterocycles. The number of aromatic amines is 1. The molecule has 2 bridgehead atoms. The number of rotatable bonds is 3. The minimum absolute atomic E-state index is 0.104. The summed E-state index contributed by atoms with van der Waals surface area (Å²) in [5.74, 6) is 2.39. The average molecular weight is 249 g/mol. The maximum Gasteiger partial charge on any atom is 0.288 e. The molecular weight excluding hydrogens is 230 g/mol. The van der Waals surface area contributed by atoms with Gasteiger partial charge in [0.1, 0.15) is 0 Å². The molecule has 0 spiro atoms. The van der Waals surface area contributed by atoms with E-state index >= 15 is 0 Å². The number of nitrogens with zero attached hydrogens (tertiary/aromatic N) is 2. The summed E-state index contributed by atoms with van der Waals surface area (Å²) >= 11 is 0. The molecule has 1 amide bonds. The number of nitrogen functional groups attached to an aromatic ring is 1. The molecule has 1 heterocycles. The van der Waals surface area contributed by atoms with E-state index in [1.165, 1.54) is 25.7 Å². The molecule has 6 heteroatoms. The summed E-state index contributed by atoms with van der Waals surface area (Å²) in [7, 11) is 0. The summed E-state index contributed by atoms with van der Waals surface area (Å²) in [6.07, 6.45) is 5.30. The SMILES string of the molecule is CC(NC(=O)c1nc(N)n[nH]1)C1CC2CCC1C2. The number of hydrogen-bond donors (Lipinski definition) is 3. The Morgan fingerprint density at radius 3 is 2.89 bits per heavy atom. The van der Waals surface area contributed by atoms with Gasteiger partial charge in [-0.2, -0.15) is 4.98 Å². The Bertz CT molecular complexity index is 457. The third-order valence-electron chi connectivity index (χ3n) is 4.51. The van der Waals surface area contributed by atoms with Crippen LogP contribution in [0.15, 0.2) is 0 Å². The molecule has 6 nitrogen and oxygen atoms in total. The van der Waals surface area contributed by atoms with Crippen LogP contribution in [0.4, 0.5) is 5.95 Å². The number of carbonyl (C=O) groups excluding carboxylic acids is 1. The Balaban J connectivity index is 1.61. The Morgan fingerprint density at radius 2 is 2.33 bits per heavy atom. The zero-order valence-electron chi connectivity index (χ0n) is 10.5. The van der Waals surface area contributed by atoms with Gasteiger partial charge in [-0.15, -0.1) is 5.10 Å². The molecule has 0 aromatic carbocycles. The van der Waals surface area contributed by atoms with E-state index < -0.39 is 0 Å². The fraction of sp³-hybridized carbons (Fsp3) is 0.750. The van der Waals surface area contributed by atoms with Crippen LogP contribution in [0.3, 0.4) is 0 Å². The average Bonchev–Trinajstić information content (AvgIpc) is 3.03. The van der Waals surface area contributed by atoms with E-state index in [0.717, 1.165) is 11.8 Å². The molecule has 1 aromatic rings. The van der Waals surface area contributed by atoms with Crippen LogP contribution in [0.5, 0.6) is 0 Å². The van der Waals surface area contributed by atoms with Gasteiger partial charge in [-0.05, 0) is 43.9 Å². The molecule has 0 saturated heterocycles. The fourth-order valence-electron chi connectivity index (χ4n) is 3.66. The molecule has 98 valence electrons. The molecule has 2 aliphatic carbocycles. The number of anilines is 1. The molecule has 2 aliphatic rings. The quantitative estimate of drug-likeness (QED) is 0.742. The highest BCUT2D eigenvalue weighted by atomic mass is 16.2. The van der Waals surface area contributed by atoms with Crippen LogP contribution in [-0.2, 0) is 0 Å². The monoisotopic (exact) mass is 249 g/mol. The Morgan fingerprint density at radius 1 is 1.50 bits per heavy atom. The number of H-pyrrole nitrogens is 1. The minimum Gasteiger partial charge on any atom is -0.366 e. The Hall–Kier alpha value is -1.59. The standard InChI is InChI=1S/C12H19N5O/c1-6(9-5-7-2-3-8(9)4-7)14-11(18)10-15-12(13)17-16-10/h6-9H,2-5H2,1H3,(H,14,18)(H3,13,15,16,17). The molecule has 0 aliphatic heterocycles. The lowest BCUT2D eigenvalue weighted by Gasteiger charge is -2.28. The van der Waals surface area contributed by atoms with Crippen molar-refractivity contribution >= 4 is 11.9 Å². The number of nitrogens with one attached hydrogen (secondary N) is 2. The summed E-state index contributed by atoms with van der Waals surface area (Å²) in [5.41, 5.74) is 5.39. The number of carbonyl (C=O) groups is 1. The first-order valence-corrected chi connectivity index (χ1v) is 6.62. The number of nitrogens with two attached hydrogens (primary N) is 1. The molecule has 18 heavy (non-hydrogen) atoms. The molecule has 2 saturated carbocycles. The molecule has 2 fully saturated rings. The van der Waals surface area contributed by atoms with E-state index in [1.54, 1.807) is 0 Å². The predicted octanol–water partition coefficient (Wildman–Crippen LogP) is 0.941. The Labute approximate surface area is 106 Å². The van der Waals surface area contributed by atoms with Crippen LogP contribution in [0.25, 0.3) is 0 Å². The third kappa shape index (κ3) is 1.95. The van der Waals surface area contributed by atoms with Gasteiger partial charge in [0, 0.05) is 6.04 Å². The third-order valence-corrected chi connectivity index (χ3v) is 4.51. The lowest BCUT2D eigenvalue weighted by Crippen LogP contribution is -2.40. The van der Waals surface area contributed by atoms with Crippen LogP contribution in [0.2, 0.25) is 0 Å². The van der Waals surface area contributed by atoms with Crippen molar-refractivity contribution in [2.24, 2.45) is 17.8 Å². The van der Waals surface area contributed by atoms with Crippen molar-refractivity contribution in [2.75, 3.05) is 5.73 Å². The predicted molar refractivity (Wildman–Crippen MR) is 66.7 cm³/mol. The first-order chi connectivity index (χ1) is 8.63. The van der Waals surface area contributed by atoms with Gasteiger partial charge >= 0.3 is 0 Å². The maximum absolute atomic E-state index is 11.9. The van der Waals surface area contributed by atoms with Crippen molar-refractivity contribution in [2.45, 2.75) is 38.6 Å². The summed E-state index contributed by atoms with van der Waals surface area (Å²) in [5, 5.41) is 9.21. The normalized spacial score (nSPS) is 31.5. The lowest BCUT2D eigenvalue weighted by molar-refractivity contribution is 0.0905. The highest BCUT2D eigenvalue weighted by molar-refractivity contribution is 5.90. The van der Waals surface area contributed by atoms with Crippen molar-refractivity contribution in [3.63, 3.8) is 0 Å². The van der Waals surface area contributed by atoms with E-state index in [-0.39, 0.29) is 23.7 Å². The Kier molecular flexibility index (Phi) is 2.72. The van der Waals surface area contributed by atoms with Gasteiger partial charge < -0.3 is 11.1 Å². The molecular formula is C12H19N5O. The number of fused-ring (bicyclic) bond motifs is 2. The summed E-state index contributed by atoms with van der Waals surface area (Å²) in [6, 6.07) is 0.194. The van der Waals surface area contributed by atoms with Crippen molar-refractivity contribution in [1.29, 1.82) is 0 Å². The van der Waals surface area contributed by atoms with Gasteiger partial charge in [0.25, 0.3) is 5.91 Å². The van der Waals surface area contributed by atoms with Crippen molar-refractivity contribution in [1.82, 2.24) is 20.5 Å². The molecule has 3 rings (SSSR count). The van der Waals surface area contributed by atoms with Gasteiger partial charge in [0.05, 0.1) is 0 Å². The van der Waals surface area contributed by atoms with E-state index in [4.69, 9.17) is 5.73 Å². The van der Waals surface area contributed by atoms with Crippen LogP contribution in [0.1, 0.15) is 43.2 Å². The number of amides is 1. The summed E-state index contributed by atoms with van der Waals surface area (Å²) in [6.45, 7) is 2.09. The van der Waals surface area contributed by atoms with Gasteiger partial charge in [-0.25, -0.2) is 0 Å². The largest absolute Gasteiger partial charge is 0.366 e. The van der Waals surface area contributed by atoms with Crippen LogP contribution in [0, 0.1) is 17.8 Å². The second-order valence-corrected chi connectivity index (χ2v) is 5.64. The zero-order chi connectivity index (χ0) is 12.7.